The summed E-state index contributed by atoms with van der Waals surface area (Å²) in [6, 6.07) is 13.6. The fourth-order valence-electron chi connectivity index (χ4n) is 2.72. The maximum Gasteiger partial charge on any atom is 0.280 e. The first-order valence-electron chi connectivity index (χ1n) is 6.90. The molecule has 2 aromatic carbocycles. The quantitative estimate of drug-likeness (QED) is 0.563. The van der Waals surface area contributed by atoms with E-state index in [0.717, 1.165) is 32.1 Å². The molecule has 2 aromatic heterocycles. The smallest absolute Gasteiger partial charge is 0.280 e. The number of nitrogens with one attached hydrogen (secondary N) is 1. The van der Waals surface area contributed by atoms with Crippen molar-refractivity contribution in [2.24, 2.45) is 0 Å². The van der Waals surface area contributed by atoms with E-state index in [2.05, 4.69) is 26.0 Å². The van der Waals surface area contributed by atoms with Gasteiger partial charge in [-0.3, -0.25) is 14.9 Å². The van der Waals surface area contributed by atoms with E-state index in [4.69, 9.17) is 0 Å². The Bertz CT molecular complexity index is 1060. The molecule has 4 nitrogen and oxygen atoms in total. The predicted molar refractivity (Wildman–Crippen MR) is 91.6 cm³/mol. The summed E-state index contributed by atoms with van der Waals surface area (Å²) in [5.41, 5.74) is 3.49. The fraction of sp³-hybridized carbons (Fsp3) is 0.0588. The maximum absolute atomic E-state index is 12.6. The molecule has 0 unspecified atom stereocenters. The third-order valence-corrected chi connectivity index (χ3v) is 4.35. The Hall–Kier alpha value is -2.40. The summed E-state index contributed by atoms with van der Waals surface area (Å²) in [6.45, 7) is 2.02. The normalized spacial score (nSPS) is 11.4. The van der Waals surface area contributed by atoms with Gasteiger partial charge in [-0.15, -0.1) is 0 Å². The van der Waals surface area contributed by atoms with Crippen LogP contribution in [0.4, 0.5) is 0 Å². The molecule has 108 valence electrons. The van der Waals surface area contributed by atoms with Gasteiger partial charge in [0.1, 0.15) is 0 Å². The van der Waals surface area contributed by atoms with Gasteiger partial charge >= 0.3 is 0 Å². The van der Waals surface area contributed by atoms with Crippen molar-refractivity contribution in [2.45, 2.75) is 6.92 Å². The number of halogens is 1. The molecule has 0 aliphatic heterocycles. The molecule has 0 atom stereocenters. The number of aromatic amines is 1. The maximum atomic E-state index is 12.6. The number of rotatable bonds is 1. The Morgan fingerprint density at radius 2 is 1.91 bits per heavy atom. The zero-order valence-electron chi connectivity index (χ0n) is 11.8. The molecule has 0 aliphatic carbocycles. The molecule has 22 heavy (non-hydrogen) atoms. The molecule has 0 aliphatic rings. The Morgan fingerprint density at radius 3 is 2.68 bits per heavy atom. The van der Waals surface area contributed by atoms with Crippen LogP contribution < -0.4 is 5.56 Å². The van der Waals surface area contributed by atoms with Crippen molar-refractivity contribution >= 4 is 37.7 Å². The second-order valence-electron chi connectivity index (χ2n) is 5.28. The number of benzene rings is 2. The first kappa shape index (κ1) is 13.3. The van der Waals surface area contributed by atoms with Crippen molar-refractivity contribution < 1.29 is 0 Å². The van der Waals surface area contributed by atoms with E-state index in [1.165, 1.54) is 0 Å². The summed E-state index contributed by atoms with van der Waals surface area (Å²) in [5.74, 6) is 0. The van der Waals surface area contributed by atoms with Crippen LogP contribution in [0.1, 0.15) is 5.56 Å². The lowest BCUT2D eigenvalue weighted by Crippen LogP contribution is -2.13. The molecular weight excluding hydrogens is 342 g/mol. The summed E-state index contributed by atoms with van der Waals surface area (Å²) >= 11 is 3.54. The molecule has 0 radical (unpaired) electrons. The van der Waals surface area contributed by atoms with E-state index in [9.17, 15) is 4.79 Å². The standard InChI is InChI=1S/C17H12BrN3O/c1-10-7-12-15-13(9-19-16(12)14(18)8-10)17(22)21(20-15)11-5-3-2-4-6-11/h2-9,20H,1H3. The van der Waals surface area contributed by atoms with Gasteiger partial charge in [0.15, 0.2) is 0 Å². The van der Waals surface area contributed by atoms with Crippen LogP contribution in [0.15, 0.2) is 57.9 Å². The highest BCUT2D eigenvalue weighted by atomic mass is 79.9. The lowest BCUT2D eigenvalue weighted by molar-refractivity contribution is 0.864. The molecule has 4 aromatic rings. The molecule has 0 spiro atoms. The minimum absolute atomic E-state index is 0.0896. The third-order valence-electron chi connectivity index (χ3n) is 3.74. The van der Waals surface area contributed by atoms with Crippen LogP contribution in [0.2, 0.25) is 0 Å². The summed E-state index contributed by atoms with van der Waals surface area (Å²) in [5, 5.41) is 4.75. The van der Waals surface area contributed by atoms with Crippen LogP contribution in [0.3, 0.4) is 0 Å². The molecule has 0 fully saturated rings. The van der Waals surface area contributed by atoms with Crippen molar-refractivity contribution in [3.05, 3.63) is 69.1 Å². The van der Waals surface area contributed by atoms with Gasteiger partial charge in [0, 0.05) is 16.1 Å². The topological polar surface area (TPSA) is 50.7 Å². The fourth-order valence-corrected chi connectivity index (χ4v) is 3.40. The van der Waals surface area contributed by atoms with E-state index in [0.29, 0.717) is 5.39 Å². The first-order valence-corrected chi connectivity index (χ1v) is 7.69. The minimum Gasteiger partial charge on any atom is -0.290 e. The number of nitrogens with zero attached hydrogens (tertiary/aromatic N) is 2. The Morgan fingerprint density at radius 1 is 1.14 bits per heavy atom. The van der Waals surface area contributed by atoms with Crippen LogP contribution in [-0.2, 0) is 0 Å². The number of aryl methyl sites for hydroxylation is 1. The van der Waals surface area contributed by atoms with Gasteiger partial charge in [0.05, 0.1) is 22.1 Å². The van der Waals surface area contributed by atoms with Crippen molar-refractivity contribution in [3.63, 3.8) is 0 Å². The van der Waals surface area contributed by atoms with Crippen LogP contribution in [0.5, 0.6) is 0 Å². The molecule has 0 saturated heterocycles. The molecule has 0 saturated carbocycles. The van der Waals surface area contributed by atoms with Crippen LogP contribution in [0.25, 0.3) is 27.5 Å². The van der Waals surface area contributed by atoms with Gasteiger partial charge in [-0.05, 0) is 52.7 Å². The Labute approximate surface area is 134 Å². The van der Waals surface area contributed by atoms with Gasteiger partial charge in [-0.25, -0.2) is 4.68 Å². The lowest BCUT2D eigenvalue weighted by Gasteiger charge is -2.03. The second-order valence-corrected chi connectivity index (χ2v) is 6.13. The summed E-state index contributed by atoms with van der Waals surface area (Å²) < 4.78 is 2.49. The molecule has 5 heteroatoms. The monoisotopic (exact) mass is 353 g/mol. The van der Waals surface area contributed by atoms with E-state index < -0.39 is 0 Å². The highest BCUT2D eigenvalue weighted by molar-refractivity contribution is 9.10. The summed E-state index contributed by atoms with van der Waals surface area (Å²) in [7, 11) is 0. The van der Waals surface area contributed by atoms with Crippen molar-refractivity contribution in [1.29, 1.82) is 0 Å². The number of para-hydroxylation sites is 1. The number of hydrogen-bond donors (Lipinski definition) is 1. The SMILES string of the molecule is Cc1cc(Br)c2ncc3c(=O)n(-c4ccccc4)[nH]c3c2c1. The average Bonchev–Trinajstić information content (AvgIpc) is 2.86. The lowest BCUT2D eigenvalue weighted by atomic mass is 10.1. The van der Waals surface area contributed by atoms with Crippen LogP contribution in [-0.4, -0.2) is 14.8 Å². The van der Waals surface area contributed by atoms with Crippen molar-refractivity contribution in [3.8, 4) is 5.69 Å². The average molecular weight is 354 g/mol. The zero-order valence-corrected chi connectivity index (χ0v) is 13.4. The van der Waals surface area contributed by atoms with Gasteiger partial charge in [0.2, 0.25) is 0 Å². The predicted octanol–water partition coefficient (Wildman–Crippen LogP) is 3.94. The molecule has 1 N–H and O–H groups in total. The molecule has 0 bridgehead atoms. The molecule has 2 heterocycles. The highest BCUT2D eigenvalue weighted by Crippen LogP contribution is 2.28. The number of hydrogen-bond acceptors (Lipinski definition) is 2. The molecular formula is C17H12BrN3O. The summed E-state index contributed by atoms with van der Waals surface area (Å²) in [4.78, 5) is 17.1. The van der Waals surface area contributed by atoms with Crippen LogP contribution >= 0.6 is 15.9 Å². The summed E-state index contributed by atoms with van der Waals surface area (Å²) in [6.07, 6.45) is 1.63. The van der Waals surface area contributed by atoms with Crippen molar-refractivity contribution in [1.82, 2.24) is 14.8 Å². The van der Waals surface area contributed by atoms with Crippen molar-refractivity contribution in [2.75, 3.05) is 0 Å². The number of pyridine rings is 1. The Kier molecular flexibility index (Phi) is 2.90. The molecule has 4 rings (SSSR count). The number of aromatic nitrogens is 3. The third kappa shape index (κ3) is 1.89. The largest absolute Gasteiger partial charge is 0.290 e. The van der Waals surface area contributed by atoms with E-state index >= 15 is 0 Å². The number of H-pyrrole nitrogens is 1. The van der Waals surface area contributed by atoms with E-state index in [1.807, 2.05) is 49.4 Å². The second kappa shape index (κ2) is 4.81. The highest BCUT2D eigenvalue weighted by Gasteiger charge is 2.13. The van der Waals surface area contributed by atoms with Gasteiger partial charge in [-0.2, -0.15) is 0 Å². The van der Waals surface area contributed by atoms with E-state index in [-0.39, 0.29) is 5.56 Å². The van der Waals surface area contributed by atoms with E-state index in [1.54, 1.807) is 10.9 Å². The minimum atomic E-state index is -0.0896. The van der Waals surface area contributed by atoms with Gasteiger partial charge in [-0.1, -0.05) is 18.2 Å². The Balaban J connectivity index is 2.14. The first-order chi connectivity index (χ1) is 10.6. The van der Waals surface area contributed by atoms with Gasteiger partial charge in [0.25, 0.3) is 5.56 Å². The number of fused-ring (bicyclic) bond motifs is 3. The van der Waals surface area contributed by atoms with Crippen LogP contribution in [0, 0.1) is 6.92 Å². The van der Waals surface area contributed by atoms with Gasteiger partial charge < -0.3 is 0 Å². The zero-order chi connectivity index (χ0) is 15.3. The molecule has 0 amide bonds.